The molecule has 0 atom stereocenters. The number of aromatic nitrogens is 5. The minimum atomic E-state index is -0.139. The quantitative estimate of drug-likeness (QED) is 0.577. The third-order valence-corrected chi connectivity index (χ3v) is 3.93. The Bertz CT molecular complexity index is 1040. The standard InChI is InChI=1S/C18H14N6O/c1-23(16-6-2-5-15-14(16)4-3-8-20-15)18(25)13-7-9-21-17(10-13)24-12-19-11-22-24/h2-12H,1H3. The van der Waals surface area contributed by atoms with Gasteiger partial charge in [-0.25, -0.2) is 14.6 Å². The molecule has 0 radical (unpaired) electrons. The van der Waals surface area contributed by atoms with E-state index in [-0.39, 0.29) is 5.91 Å². The maximum absolute atomic E-state index is 12.9. The molecule has 0 saturated carbocycles. The molecule has 3 aromatic heterocycles. The van der Waals surface area contributed by atoms with Crippen molar-refractivity contribution in [1.82, 2.24) is 24.7 Å². The fourth-order valence-electron chi connectivity index (χ4n) is 2.69. The molecule has 0 aliphatic rings. The average molecular weight is 330 g/mol. The molecule has 7 nitrogen and oxygen atoms in total. The summed E-state index contributed by atoms with van der Waals surface area (Å²) in [4.78, 5) is 27.0. The van der Waals surface area contributed by atoms with Crippen molar-refractivity contribution in [3.05, 3.63) is 73.1 Å². The summed E-state index contributed by atoms with van der Waals surface area (Å²) in [6.07, 6.45) is 6.28. The molecule has 4 rings (SSSR count). The van der Waals surface area contributed by atoms with E-state index in [2.05, 4.69) is 20.1 Å². The first-order valence-electron chi connectivity index (χ1n) is 7.67. The highest BCUT2D eigenvalue weighted by Crippen LogP contribution is 2.25. The van der Waals surface area contributed by atoms with Gasteiger partial charge in [-0.1, -0.05) is 6.07 Å². The Balaban J connectivity index is 1.72. The summed E-state index contributed by atoms with van der Waals surface area (Å²) in [6, 6.07) is 12.9. The Morgan fingerprint density at radius 1 is 1.08 bits per heavy atom. The van der Waals surface area contributed by atoms with Gasteiger partial charge >= 0.3 is 0 Å². The minimum Gasteiger partial charge on any atom is -0.311 e. The summed E-state index contributed by atoms with van der Waals surface area (Å²) in [5.74, 6) is 0.399. The van der Waals surface area contributed by atoms with E-state index in [1.54, 1.807) is 36.5 Å². The van der Waals surface area contributed by atoms with Crippen molar-refractivity contribution in [3.63, 3.8) is 0 Å². The number of amides is 1. The average Bonchev–Trinajstić information content (AvgIpc) is 3.21. The highest BCUT2D eigenvalue weighted by Gasteiger charge is 2.17. The van der Waals surface area contributed by atoms with Crippen LogP contribution in [0.3, 0.4) is 0 Å². The van der Waals surface area contributed by atoms with E-state index < -0.39 is 0 Å². The van der Waals surface area contributed by atoms with Crippen LogP contribution in [0.4, 0.5) is 5.69 Å². The van der Waals surface area contributed by atoms with Crippen LogP contribution in [0.1, 0.15) is 10.4 Å². The first-order chi connectivity index (χ1) is 12.2. The number of hydrogen-bond donors (Lipinski definition) is 0. The zero-order valence-electron chi connectivity index (χ0n) is 13.4. The summed E-state index contributed by atoms with van der Waals surface area (Å²) in [5, 5.41) is 4.96. The fourth-order valence-corrected chi connectivity index (χ4v) is 2.69. The van der Waals surface area contributed by atoms with Crippen molar-refractivity contribution < 1.29 is 4.79 Å². The van der Waals surface area contributed by atoms with Crippen molar-refractivity contribution in [2.75, 3.05) is 11.9 Å². The number of hydrogen-bond acceptors (Lipinski definition) is 5. The van der Waals surface area contributed by atoms with Gasteiger partial charge < -0.3 is 4.90 Å². The van der Waals surface area contributed by atoms with Gasteiger partial charge in [0, 0.05) is 30.4 Å². The van der Waals surface area contributed by atoms with Gasteiger partial charge in [0.25, 0.3) is 5.91 Å². The maximum atomic E-state index is 12.9. The normalized spacial score (nSPS) is 10.8. The van der Waals surface area contributed by atoms with Crippen LogP contribution in [-0.2, 0) is 0 Å². The molecule has 0 spiro atoms. The zero-order valence-corrected chi connectivity index (χ0v) is 13.4. The van der Waals surface area contributed by atoms with E-state index in [4.69, 9.17) is 0 Å². The molecule has 0 saturated heterocycles. The van der Waals surface area contributed by atoms with Crippen molar-refractivity contribution in [1.29, 1.82) is 0 Å². The lowest BCUT2D eigenvalue weighted by Gasteiger charge is -2.19. The van der Waals surface area contributed by atoms with Gasteiger partial charge in [-0.05, 0) is 36.4 Å². The number of carbonyl (C=O) groups excluding carboxylic acids is 1. The third-order valence-electron chi connectivity index (χ3n) is 3.93. The molecule has 4 aromatic rings. The van der Waals surface area contributed by atoms with E-state index in [1.165, 1.54) is 17.3 Å². The van der Waals surface area contributed by atoms with Gasteiger partial charge in [-0.15, -0.1) is 0 Å². The van der Waals surface area contributed by atoms with Crippen molar-refractivity contribution in [2.24, 2.45) is 0 Å². The summed E-state index contributed by atoms with van der Waals surface area (Å²) in [6.45, 7) is 0. The number of carbonyl (C=O) groups is 1. The smallest absolute Gasteiger partial charge is 0.258 e. The Kier molecular flexibility index (Phi) is 3.66. The topological polar surface area (TPSA) is 76.8 Å². The number of nitrogens with zero attached hydrogens (tertiary/aromatic N) is 6. The maximum Gasteiger partial charge on any atom is 0.258 e. The minimum absolute atomic E-state index is 0.139. The van der Waals surface area contributed by atoms with Crippen LogP contribution >= 0.6 is 0 Å². The predicted octanol–water partition coefficient (Wildman–Crippen LogP) is 2.49. The second kappa shape index (κ2) is 6.12. The molecule has 0 unspecified atom stereocenters. The SMILES string of the molecule is CN(C(=O)c1ccnc(-n2cncn2)c1)c1cccc2ncccc12. The number of benzene rings is 1. The highest BCUT2D eigenvalue weighted by atomic mass is 16.2. The zero-order chi connectivity index (χ0) is 17.2. The van der Waals surface area contributed by atoms with E-state index in [1.807, 2.05) is 30.3 Å². The van der Waals surface area contributed by atoms with Gasteiger partial charge in [0.1, 0.15) is 12.7 Å². The first kappa shape index (κ1) is 14.9. The van der Waals surface area contributed by atoms with Crippen LogP contribution in [0.15, 0.2) is 67.5 Å². The Hall–Kier alpha value is -3.61. The molecule has 0 aliphatic carbocycles. The largest absolute Gasteiger partial charge is 0.311 e. The lowest BCUT2D eigenvalue weighted by molar-refractivity contribution is 0.0993. The van der Waals surface area contributed by atoms with Crippen LogP contribution < -0.4 is 4.90 Å². The van der Waals surface area contributed by atoms with Crippen LogP contribution in [0, 0.1) is 0 Å². The molecule has 122 valence electrons. The number of pyridine rings is 2. The van der Waals surface area contributed by atoms with Crippen molar-refractivity contribution in [3.8, 4) is 5.82 Å². The van der Waals surface area contributed by atoms with Gasteiger partial charge in [-0.2, -0.15) is 5.10 Å². The molecule has 25 heavy (non-hydrogen) atoms. The molecule has 0 fully saturated rings. The Labute approximate surface area is 143 Å². The molecular formula is C18H14N6O. The number of anilines is 1. The molecule has 3 heterocycles. The molecule has 0 N–H and O–H groups in total. The van der Waals surface area contributed by atoms with Gasteiger partial charge in [0.15, 0.2) is 5.82 Å². The summed E-state index contributed by atoms with van der Waals surface area (Å²) in [7, 11) is 1.75. The lowest BCUT2D eigenvalue weighted by atomic mass is 10.1. The molecule has 0 bridgehead atoms. The van der Waals surface area contributed by atoms with Crippen molar-refractivity contribution in [2.45, 2.75) is 0 Å². The van der Waals surface area contributed by atoms with Crippen LogP contribution in [-0.4, -0.2) is 37.7 Å². The van der Waals surface area contributed by atoms with E-state index in [0.29, 0.717) is 11.4 Å². The third kappa shape index (κ3) is 2.72. The van der Waals surface area contributed by atoms with Crippen LogP contribution in [0.2, 0.25) is 0 Å². The predicted molar refractivity (Wildman–Crippen MR) is 93.6 cm³/mol. The second-order valence-electron chi connectivity index (χ2n) is 5.45. The number of rotatable bonds is 3. The second-order valence-corrected chi connectivity index (χ2v) is 5.45. The summed E-state index contributed by atoms with van der Waals surface area (Å²) >= 11 is 0. The van der Waals surface area contributed by atoms with Gasteiger partial charge in [-0.3, -0.25) is 9.78 Å². The Morgan fingerprint density at radius 3 is 2.84 bits per heavy atom. The van der Waals surface area contributed by atoms with E-state index >= 15 is 0 Å². The fraction of sp³-hybridized carbons (Fsp3) is 0.0556. The van der Waals surface area contributed by atoms with Gasteiger partial charge in [0.2, 0.25) is 0 Å². The Morgan fingerprint density at radius 2 is 2.00 bits per heavy atom. The summed E-state index contributed by atoms with van der Waals surface area (Å²) in [5.41, 5.74) is 2.16. The molecule has 0 aliphatic heterocycles. The highest BCUT2D eigenvalue weighted by molar-refractivity contribution is 6.10. The lowest BCUT2D eigenvalue weighted by Crippen LogP contribution is -2.26. The van der Waals surface area contributed by atoms with Gasteiger partial charge in [0.05, 0.1) is 11.2 Å². The van der Waals surface area contributed by atoms with E-state index in [0.717, 1.165) is 16.6 Å². The first-order valence-corrected chi connectivity index (χ1v) is 7.67. The van der Waals surface area contributed by atoms with Crippen molar-refractivity contribution >= 4 is 22.5 Å². The van der Waals surface area contributed by atoms with Crippen LogP contribution in [0.5, 0.6) is 0 Å². The molecule has 1 amide bonds. The molecule has 1 aromatic carbocycles. The number of fused-ring (bicyclic) bond motifs is 1. The molecular weight excluding hydrogens is 316 g/mol. The monoisotopic (exact) mass is 330 g/mol. The van der Waals surface area contributed by atoms with Crippen LogP contribution in [0.25, 0.3) is 16.7 Å². The summed E-state index contributed by atoms with van der Waals surface area (Å²) < 4.78 is 1.51. The van der Waals surface area contributed by atoms with E-state index in [9.17, 15) is 4.79 Å². The molecule has 7 heteroatoms.